The first-order valence-corrected chi connectivity index (χ1v) is 8.25. The lowest BCUT2D eigenvalue weighted by Gasteiger charge is -2.17. The van der Waals surface area contributed by atoms with E-state index < -0.39 is 0 Å². The highest BCUT2D eigenvalue weighted by Crippen LogP contribution is 2.27. The van der Waals surface area contributed by atoms with Crippen LogP contribution in [0.5, 0.6) is 0 Å². The topological polar surface area (TPSA) is 50.2 Å². The molecular weight excluding hydrogens is 288 g/mol. The van der Waals surface area contributed by atoms with Gasteiger partial charge in [0.25, 0.3) is 5.91 Å². The van der Waals surface area contributed by atoms with E-state index in [1.165, 1.54) is 0 Å². The summed E-state index contributed by atoms with van der Waals surface area (Å²) in [6, 6.07) is 9.84. The van der Waals surface area contributed by atoms with Gasteiger partial charge in [-0.3, -0.25) is 4.79 Å². The van der Waals surface area contributed by atoms with Crippen LogP contribution >= 0.6 is 0 Å². The first-order chi connectivity index (χ1) is 11.1. The lowest BCUT2D eigenvalue weighted by atomic mass is 10.0. The summed E-state index contributed by atoms with van der Waals surface area (Å²) in [6.07, 6.45) is 0. The summed E-state index contributed by atoms with van der Waals surface area (Å²) in [6.45, 7) is 7.89. The molecule has 0 spiro atoms. The van der Waals surface area contributed by atoms with Gasteiger partial charge in [-0.05, 0) is 56.0 Å². The van der Waals surface area contributed by atoms with E-state index in [0.717, 1.165) is 48.8 Å². The fourth-order valence-corrected chi connectivity index (χ4v) is 3.84. The maximum Gasteiger partial charge on any atom is 0.253 e. The van der Waals surface area contributed by atoms with Gasteiger partial charge in [-0.1, -0.05) is 0 Å². The number of carbonyl (C=O) groups is 1. The van der Waals surface area contributed by atoms with Crippen molar-refractivity contribution in [3.8, 4) is 5.69 Å². The third kappa shape index (κ3) is 2.55. The highest BCUT2D eigenvalue weighted by atomic mass is 16.2. The quantitative estimate of drug-likeness (QED) is 0.920. The van der Waals surface area contributed by atoms with Gasteiger partial charge in [0.15, 0.2) is 0 Å². The zero-order valence-corrected chi connectivity index (χ0v) is 13.6. The largest absolute Gasteiger partial charge is 0.338 e. The number of amides is 1. The number of aromatic nitrogens is 2. The maximum atomic E-state index is 12.7. The molecule has 5 heteroatoms. The number of fused-ring (bicyclic) bond motifs is 1. The number of carbonyl (C=O) groups excluding carboxylic acids is 1. The smallest absolute Gasteiger partial charge is 0.253 e. The van der Waals surface area contributed by atoms with E-state index in [1.807, 2.05) is 47.7 Å². The maximum absolute atomic E-state index is 12.7. The minimum Gasteiger partial charge on any atom is -0.338 e. The van der Waals surface area contributed by atoms with E-state index in [2.05, 4.69) is 16.5 Å². The molecule has 2 aliphatic rings. The summed E-state index contributed by atoms with van der Waals surface area (Å²) < 4.78 is 1.91. The molecular formula is C18H22N4O. The third-order valence-corrected chi connectivity index (χ3v) is 5.05. The molecule has 1 aromatic heterocycles. The molecule has 1 aromatic carbocycles. The minimum atomic E-state index is 0.152. The van der Waals surface area contributed by atoms with Crippen molar-refractivity contribution < 1.29 is 4.79 Å². The van der Waals surface area contributed by atoms with Crippen molar-refractivity contribution >= 4 is 5.91 Å². The van der Waals surface area contributed by atoms with Crippen LogP contribution in [0.2, 0.25) is 0 Å². The number of hydrogen-bond donors (Lipinski definition) is 1. The molecule has 2 saturated heterocycles. The van der Waals surface area contributed by atoms with Crippen LogP contribution in [-0.4, -0.2) is 46.8 Å². The van der Waals surface area contributed by atoms with E-state index in [-0.39, 0.29) is 5.91 Å². The van der Waals surface area contributed by atoms with Crippen LogP contribution in [0.25, 0.3) is 5.69 Å². The summed E-state index contributed by atoms with van der Waals surface area (Å²) in [5.74, 6) is 1.42. The highest BCUT2D eigenvalue weighted by molar-refractivity contribution is 5.94. The van der Waals surface area contributed by atoms with Gasteiger partial charge in [0.05, 0.1) is 11.4 Å². The van der Waals surface area contributed by atoms with Crippen LogP contribution in [-0.2, 0) is 0 Å². The van der Waals surface area contributed by atoms with Gasteiger partial charge in [-0.15, -0.1) is 0 Å². The Bertz CT molecular complexity index is 722. The molecule has 0 unspecified atom stereocenters. The zero-order chi connectivity index (χ0) is 16.0. The minimum absolute atomic E-state index is 0.152. The third-order valence-electron chi connectivity index (χ3n) is 5.05. The van der Waals surface area contributed by atoms with Crippen molar-refractivity contribution in [3.05, 3.63) is 47.3 Å². The standard InChI is InChI=1S/C18H22N4O/c1-12-7-13(2)22(20-12)17-5-3-14(4-6-17)18(23)21-10-15-8-19-9-16(15)11-21/h3-7,15-16,19H,8-11H2,1-2H3/t15-,16+. The molecule has 23 heavy (non-hydrogen) atoms. The van der Waals surface area contributed by atoms with Gasteiger partial charge in [0, 0.05) is 37.4 Å². The van der Waals surface area contributed by atoms with E-state index in [1.54, 1.807) is 0 Å². The Morgan fingerprint density at radius 3 is 2.35 bits per heavy atom. The molecule has 2 aliphatic heterocycles. The van der Waals surface area contributed by atoms with E-state index in [4.69, 9.17) is 0 Å². The zero-order valence-electron chi connectivity index (χ0n) is 13.6. The van der Waals surface area contributed by atoms with Crippen molar-refractivity contribution in [3.63, 3.8) is 0 Å². The second-order valence-electron chi connectivity index (χ2n) is 6.77. The number of rotatable bonds is 2. The van der Waals surface area contributed by atoms with Crippen LogP contribution < -0.4 is 5.32 Å². The average molecular weight is 310 g/mol. The van der Waals surface area contributed by atoms with Crippen molar-refractivity contribution in [1.29, 1.82) is 0 Å². The Morgan fingerprint density at radius 1 is 1.13 bits per heavy atom. The Kier molecular flexibility index (Phi) is 3.45. The molecule has 0 aliphatic carbocycles. The van der Waals surface area contributed by atoms with E-state index >= 15 is 0 Å². The molecule has 2 aromatic rings. The van der Waals surface area contributed by atoms with Gasteiger partial charge >= 0.3 is 0 Å². The second kappa shape index (κ2) is 5.49. The summed E-state index contributed by atoms with van der Waals surface area (Å²) in [5, 5.41) is 7.89. The van der Waals surface area contributed by atoms with Crippen LogP contribution in [0, 0.1) is 25.7 Å². The summed E-state index contributed by atoms with van der Waals surface area (Å²) >= 11 is 0. The van der Waals surface area contributed by atoms with Gasteiger partial charge in [0.1, 0.15) is 0 Å². The number of nitrogens with zero attached hydrogens (tertiary/aromatic N) is 3. The van der Waals surface area contributed by atoms with E-state index in [9.17, 15) is 4.79 Å². The monoisotopic (exact) mass is 310 g/mol. The van der Waals surface area contributed by atoms with Crippen LogP contribution in [0.15, 0.2) is 30.3 Å². The predicted molar refractivity (Wildman–Crippen MR) is 88.8 cm³/mol. The molecule has 1 amide bonds. The van der Waals surface area contributed by atoms with Crippen molar-refractivity contribution in [2.45, 2.75) is 13.8 Å². The predicted octanol–water partition coefficient (Wildman–Crippen LogP) is 1.78. The number of aryl methyl sites for hydroxylation is 2. The number of nitrogens with one attached hydrogen (secondary N) is 1. The average Bonchev–Trinajstić information content (AvgIpc) is 3.21. The summed E-state index contributed by atoms with van der Waals surface area (Å²) in [4.78, 5) is 14.7. The van der Waals surface area contributed by atoms with Gasteiger partial charge in [-0.25, -0.2) is 4.68 Å². The van der Waals surface area contributed by atoms with Crippen LogP contribution in [0.1, 0.15) is 21.7 Å². The van der Waals surface area contributed by atoms with Gasteiger partial charge in [0.2, 0.25) is 0 Å². The normalized spacial score (nSPS) is 23.3. The molecule has 5 nitrogen and oxygen atoms in total. The molecule has 3 heterocycles. The van der Waals surface area contributed by atoms with Crippen LogP contribution in [0.4, 0.5) is 0 Å². The second-order valence-corrected chi connectivity index (χ2v) is 6.77. The Morgan fingerprint density at radius 2 is 1.78 bits per heavy atom. The van der Waals surface area contributed by atoms with Gasteiger partial charge < -0.3 is 10.2 Å². The molecule has 1 N–H and O–H groups in total. The Labute approximate surface area is 136 Å². The van der Waals surface area contributed by atoms with Crippen molar-refractivity contribution in [2.75, 3.05) is 26.2 Å². The lowest BCUT2D eigenvalue weighted by Crippen LogP contribution is -2.31. The fraction of sp³-hybridized carbons (Fsp3) is 0.444. The van der Waals surface area contributed by atoms with Crippen molar-refractivity contribution in [1.82, 2.24) is 20.0 Å². The van der Waals surface area contributed by atoms with E-state index in [0.29, 0.717) is 11.8 Å². The number of likely N-dealkylation sites (tertiary alicyclic amines) is 1. The lowest BCUT2D eigenvalue weighted by molar-refractivity contribution is 0.0781. The molecule has 2 fully saturated rings. The first-order valence-electron chi connectivity index (χ1n) is 8.25. The van der Waals surface area contributed by atoms with Crippen LogP contribution in [0.3, 0.4) is 0 Å². The number of hydrogen-bond acceptors (Lipinski definition) is 3. The molecule has 4 rings (SSSR count). The Balaban J connectivity index is 1.52. The highest BCUT2D eigenvalue weighted by Gasteiger charge is 2.38. The molecule has 0 saturated carbocycles. The van der Waals surface area contributed by atoms with Gasteiger partial charge in [-0.2, -0.15) is 5.10 Å². The molecule has 120 valence electrons. The van der Waals surface area contributed by atoms with Crippen molar-refractivity contribution in [2.24, 2.45) is 11.8 Å². The SMILES string of the molecule is Cc1cc(C)n(-c2ccc(C(=O)N3C[C@H]4CNC[C@H]4C3)cc2)n1. The Hall–Kier alpha value is -2.14. The summed E-state index contributed by atoms with van der Waals surface area (Å²) in [7, 11) is 0. The fourth-order valence-electron chi connectivity index (χ4n) is 3.84. The molecule has 2 atom stereocenters. The molecule has 0 radical (unpaired) electrons. The number of benzene rings is 1. The first kappa shape index (κ1) is 14.5. The molecule has 0 bridgehead atoms. The summed E-state index contributed by atoms with van der Waals surface area (Å²) in [5.41, 5.74) is 3.86.